The molecule has 0 saturated heterocycles. The lowest BCUT2D eigenvalue weighted by molar-refractivity contribution is -0.142. The Morgan fingerprint density at radius 2 is 1.63 bits per heavy atom. The van der Waals surface area contributed by atoms with Gasteiger partial charge in [-0.15, -0.1) is 0 Å². The van der Waals surface area contributed by atoms with Crippen LogP contribution in [0.15, 0.2) is 30.8 Å². The Kier molecular flexibility index (Phi) is 15.4. The van der Waals surface area contributed by atoms with Crippen LogP contribution < -0.4 is 10.6 Å². The third kappa shape index (κ3) is 12.6. The SMILES string of the molecule is C=Cc1cccc(C(C(=O)NCCCCC)N(CCCCCCCC)C(=O)C(C)NC(=O)OC(C)(C)C)c1. The molecule has 38 heavy (non-hydrogen) atoms. The van der Waals surface area contributed by atoms with Crippen molar-refractivity contribution in [2.75, 3.05) is 13.1 Å². The maximum atomic E-state index is 13.8. The Hall–Kier alpha value is -2.83. The molecule has 0 bridgehead atoms. The number of carbonyl (C=O) groups is 3. The molecule has 0 aromatic heterocycles. The summed E-state index contributed by atoms with van der Waals surface area (Å²) in [7, 11) is 0. The predicted octanol–water partition coefficient (Wildman–Crippen LogP) is 6.78. The van der Waals surface area contributed by atoms with E-state index in [1.54, 1.807) is 38.7 Å². The molecule has 0 heterocycles. The van der Waals surface area contributed by atoms with Gasteiger partial charge in [0.15, 0.2) is 0 Å². The summed E-state index contributed by atoms with van der Waals surface area (Å²) in [5, 5.41) is 5.71. The van der Waals surface area contributed by atoms with Gasteiger partial charge in [0.25, 0.3) is 0 Å². The van der Waals surface area contributed by atoms with Crippen molar-refractivity contribution in [1.82, 2.24) is 15.5 Å². The number of rotatable bonds is 17. The Labute approximate surface area is 230 Å². The largest absolute Gasteiger partial charge is 0.444 e. The molecular weight excluding hydrogens is 478 g/mol. The molecule has 7 heteroatoms. The van der Waals surface area contributed by atoms with Gasteiger partial charge in [0.1, 0.15) is 17.7 Å². The summed E-state index contributed by atoms with van der Waals surface area (Å²) >= 11 is 0. The van der Waals surface area contributed by atoms with E-state index in [0.717, 1.165) is 56.1 Å². The van der Waals surface area contributed by atoms with Gasteiger partial charge >= 0.3 is 6.09 Å². The number of nitrogens with one attached hydrogen (secondary N) is 2. The molecule has 0 aliphatic heterocycles. The summed E-state index contributed by atoms with van der Waals surface area (Å²) in [6, 6.07) is 5.89. The first-order valence-electron chi connectivity index (χ1n) is 14.3. The number of carbonyl (C=O) groups excluding carboxylic acids is 3. The molecule has 2 N–H and O–H groups in total. The fourth-order valence-corrected chi connectivity index (χ4v) is 4.24. The molecule has 3 amide bonds. The van der Waals surface area contributed by atoms with Crippen LogP contribution in [0.2, 0.25) is 0 Å². The highest BCUT2D eigenvalue weighted by atomic mass is 16.6. The second-order valence-corrected chi connectivity index (χ2v) is 10.9. The third-order valence-electron chi connectivity index (χ3n) is 6.24. The Morgan fingerprint density at radius 1 is 1.00 bits per heavy atom. The van der Waals surface area contributed by atoms with E-state index in [4.69, 9.17) is 4.74 Å². The molecule has 7 nitrogen and oxygen atoms in total. The van der Waals surface area contributed by atoms with Gasteiger partial charge < -0.3 is 20.3 Å². The van der Waals surface area contributed by atoms with Crippen molar-refractivity contribution in [2.24, 2.45) is 0 Å². The first kappa shape index (κ1) is 33.2. The molecule has 1 rings (SSSR count). The van der Waals surface area contributed by atoms with Crippen LogP contribution in [0, 0.1) is 0 Å². The van der Waals surface area contributed by atoms with Crippen LogP contribution in [0.5, 0.6) is 0 Å². The van der Waals surface area contributed by atoms with Crippen molar-refractivity contribution in [1.29, 1.82) is 0 Å². The van der Waals surface area contributed by atoms with E-state index in [1.807, 2.05) is 24.3 Å². The highest BCUT2D eigenvalue weighted by Crippen LogP contribution is 2.25. The van der Waals surface area contributed by atoms with E-state index in [2.05, 4.69) is 31.1 Å². The molecule has 0 fully saturated rings. The van der Waals surface area contributed by atoms with Gasteiger partial charge in [0, 0.05) is 13.1 Å². The number of nitrogens with zero attached hydrogens (tertiary/aromatic N) is 1. The van der Waals surface area contributed by atoms with E-state index in [-0.39, 0.29) is 11.8 Å². The van der Waals surface area contributed by atoms with Crippen molar-refractivity contribution in [2.45, 2.75) is 117 Å². The summed E-state index contributed by atoms with van der Waals surface area (Å²) in [5.41, 5.74) is 0.911. The normalized spacial score (nSPS) is 12.8. The van der Waals surface area contributed by atoms with Crippen molar-refractivity contribution >= 4 is 24.0 Å². The topological polar surface area (TPSA) is 87.7 Å². The molecule has 1 aromatic carbocycles. The van der Waals surface area contributed by atoms with E-state index < -0.39 is 23.8 Å². The molecule has 0 aliphatic rings. The molecular formula is C31H51N3O4. The predicted molar refractivity (Wildman–Crippen MR) is 156 cm³/mol. The van der Waals surface area contributed by atoms with Crippen molar-refractivity contribution in [3.05, 3.63) is 42.0 Å². The van der Waals surface area contributed by atoms with Gasteiger partial charge in [-0.2, -0.15) is 0 Å². The second-order valence-electron chi connectivity index (χ2n) is 10.9. The van der Waals surface area contributed by atoms with E-state index >= 15 is 0 Å². The van der Waals surface area contributed by atoms with Gasteiger partial charge in [-0.25, -0.2) is 4.79 Å². The monoisotopic (exact) mass is 529 g/mol. The number of hydrogen-bond donors (Lipinski definition) is 2. The van der Waals surface area contributed by atoms with Crippen LogP contribution in [0.25, 0.3) is 6.08 Å². The maximum absolute atomic E-state index is 13.8. The summed E-state index contributed by atoms with van der Waals surface area (Å²) < 4.78 is 5.36. The number of alkyl carbamates (subject to hydrolysis) is 1. The van der Waals surface area contributed by atoms with Crippen LogP contribution >= 0.6 is 0 Å². The highest BCUT2D eigenvalue weighted by Gasteiger charge is 2.34. The van der Waals surface area contributed by atoms with Crippen molar-refractivity contribution < 1.29 is 19.1 Å². The fraction of sp³-hybridized carbons (Fsp3) is 0.645. The van der Waals surface area contributed by atoms with Crippen LogP contribution in [0.1, 0.15) is 116 Å². The average molecular weight is 530 g/mol. The first-order valence-corrected chi connectivity index (χ1v) is 14.3. The zero-order valence-corrected chi connectivity index (χ0v) is 24.6. The summed E-state index contributed by atoms with van der Waals surface area (Å²) in [6.45, 7) is 16.1. The molecule has 0 saturated carbocycles. The zero-order valence-electron chi connectivity index (χ0n) is 24.6. The number of ether oxygens (including phenoxy) is 1. The van der Waals surface area contributed by atoms with E-state index in [9.17, 15) is 14.4 Å². The van der Waals surface area contributed by atoms with Gasteiger partial charge in [0.05, 0.1) is 0 Å². The molecule has 214 valence electrons. The molecule has 0 radical (unpaired) electrons. The van der Waals surface area contributed by atoms with Crippen molar-refractivity contribution in [3.8, 4) is 0 Å². The van der Waals surface area contributed by atoms with Crippen LogP contribution in [0.4, 0.5) is 4.79 Å². The van der Waals surface area contributed by atoms with E-state index in [0.29, 0.717) is 13.1 Å². The Balaban J connectivity index is 3.26. The molecule has 2 atom stereocenters. The lowest BCUT2D eigenvalue weighted by Crippen LogP contribution is -2.52. The average Bonchev–Trinajstić information content (AvgIpc) is 2.86. The van der Waals surface area contributed by atoms with Gasteiger partial charge in [-0.05, 0) is 57.7 Å². The number of benzene rings is 1. The second kappa shape index (κ2) is 17.6. The minimum absolute atomic E-state index is 0.217. The molecule has 0 aliphatic carbocycles. The van der Waals surface area contributed by atoms with Crippen molar-refractivity contribution in [3.63, 3.8) is 0 Å². The maximum Gasteiger partial charge on any atom is 0.408 e. The highest BCUT2D eigenvalue weighted by molar-refractivity contribution is 5.92. The quantitative estimate of drug-likeness (QED) is 0.218. The lowest BCUT2D eigenvalue weighted by atomic mass is 9.99. The van der Waals surface area contributed by atoms with E-state index in [1.165, 1.54) is 12.8 Å². The zero-order chi connectivity index (χ0) is 28.6. The minimum atomic E-state index is -0.858. The van der Waals surface area contributed by atoms with Gasteiger partial charge in [-0.3, -0.25) is 9.59 Å². The summed E-state index contributed by atoms with van der Waals surface area (Å²) in [4.78, 5) is 41.5. The van der Waals surface area contributed by atoms with Crippen LogP contribution in [0.3, 0.4) is 0 Å². The number of hydrogen-bond acceptors (Lipinski definition) is 4. The minimum Gasteiger partial charge on any atom is -0.444 e. The van der Waals surface area contributed by atoms with Crippen LogP contribution in [-0.4, -0.2) is 47.5 Å². The standard InChI is InChI=1S/C31H51N3O4/c1-8-11-13-14-15-17-22-34(29(36)24(4)33-30(37)38-31(5,6)7)27(28(35)32-21-16-12-9-2)26-20-18-19-25(10-3)23-26/h10,18-20,23-24,27H,3,8-9,11-17,21-22H2,1-2,4-7H3,(H,32,35)(H,33,37). The van der Waals surface area contributed by atoms with Crippen LogP contribution in [-0.2, 0) is 14.3 Å². The smallest absolute Gasteiger partial charge is 0.408 e. The Bertz CT molecular complexity index is 878. The molecule has 2 unspecified atom stereocenters. The summed E-state index contributed by atoms with van der Waals surface area (Å²) in [6.07, 6.45) is 10.4. The van der Waals surface area contributed by atoms with Gasteiger partial charge in [0.2, 0.25) is 11.8 Å². The summed E-state index contributed by atoms with van der Waals surface area (Å²) in [5.74, 6) is -0.534. The third-order valence-corrected chi connectivity index (χ3v) is 6.24. The first-order chi connectivity index (χ1) is 18.0. The lowest BCUT2D eigenvalue weighted by Gasteiger charge is -2.34. The number of unbranched alkanes of at least 4 members (excludes halogenated alkanes) is 7. The van der Waals surface area contributed by atoms with Gasteiger partial charge in [-0.1, -0.05) is 89.6 Å². The molecule has 1 aromatic rings. The fourth-order valence-electron chi connectivity index (χ4n) is 4.24. The Morgan fingerprint density at radius 3 is 2.26 bits per heavy atom. The number of amides is 3. The molecule has 0 spiro atoms.